The van der Waals surface area contributed by atoms with Crippen molar-refractivity contribution in [1.29, 1.82) is 0 Å². The van der Waals surface area contributed by atoms with Crippen molar-refractivity contribution in [3.05, 3.63) is 29.1 Å². The number of aryl methyl sites for hydroxylation is 2. The Morgan fingerprint density at radius 3 is 2.38 bits per heavy atom. The van der Waals surface area contributed by atoms with Gasteiger partial charge in [-0.05, 0) is 55.9 Å². The van der Waals surface area contributed by atoms with Gasteiger partial charge in [0.05, 0.1) is 11.0 Å². The van der Waals surface area contributed by atoms with Crippen LogP contribution in [-0.2, 0) is 10.0 Å². The number of hydrogen-bond acceptors (Lipinski definition) is 3. The molecule has 3 rings (SSSR count). The van der Waals surface area contributed by atoms with Crippen LogP contribution in [0.2, 0.25) is 0 Å². The normalized spacial score (nSPS) is 29.8. The molecule has 1 heterocycles. The topological polar surface area (TPSA) is 57.6 Å². The molecule has 1 aromatic rings. The van der Waals surface area contributed by atoms with Crippen LogP contribution in [0.3, 0.4) is 0 Å². The number of rotatable bonds is 2. The maximum absolute atomic E-state index is 13.4. The highest BCUT2D eigenvalue weighted by Crippen LogP contribution is 2.40. The molecular weight excluding hydrogens is 293 g/mol. The second-order valence-electron chi connectivity index (χ2n) is 6.26. The van der Waals surface area contributed by atoms with Gasteiger partial charge in [0.25, 0.3) is 0 Å². The first-order valence-electron chi connectivity index (χ1n) is 7.25. The van der Waals surface area contributed by atoms with Gasteiger partial charge in [-0.15, -0.1) is 0 Å². The maximum atomic E-state index is 13.4. The van der Waals surface area contributed by atoms with Crippen LogP contribution in [0, 0.1) is 31.5 Å². The molecule has 1 aliphatic heterocycles. The summed E-state index contributed by atoms with van der Waals surface area (Å²) in [6.07, 6.45) is 1.24. The second-order valence-corrected chi connectivity index (χ2v) is 8.13. The SMILES string of the molecule is Cc1cc(F)cc(C)c1S(=O)(=O)N1CC2CCC(O)C2C1. The number of halogens is 1. The number of aliphatic hydroxyl groups excluding tert-OH is 1. The fraction of sp³-hybridized carbons (Fsp3) is 0.600. The zero-order chi connectivity index (χ0) is 15.4. The third-order valence-electron chi connectivity index (χ3n) is 4.81. The van der Waals surface area contributed by atoms with Crippen LogP contribution in [0.15, 0.2) is 17.0 Å². The highest BCUT2D eigenvalue weighted by molar-refractivity contribution is 7.89. The first-order chi connectivity index (χ1) is 9.80. The minimum Gasteiger partial charge on any atom is -0.393 e. The van der Waals surface area contributed by atoms with E-state index in [0.29, 0.717) is 24.2 Å². The largest absolute Gasteiger partial charge is 0.393 e. The van der Waals surface area contributed by atoms with E-state index in [2.05, 4.69) is 0 Å². The van der Waals surface area contributed by atoms with Crippen LogP contribution in [0.4, 0.5) is 4.39 Å². The van der Waals surface area contributed by atoms with Crippen LogP contribution in [0.5, 0.6) is 0 Å². The minimum atomic E-state index is -3.63. The summed E-state index contributed by atoms with van der Waals surface area (Å²) in [5.41, 5.74) is 0.871. The van der Waals surface area contributed by atoms with Crippen molar-refractivity contribution >= 4 is 10.0 Å². The van der Waals surface area contributed by atoms with E-state index < -0.39 is 21.9 Å². The number of nitrogens with zero attached hydrogens (tertiary/aromatic N) is 1. The lowest BCUT2D eigenvalue weighted by Crippen LogP contribution is -2.32. The van der Waals surface area contributed by atoms with Crippen molar-refractivity contribution in [2.75, 3.05) is 13.1 Å². The molecule has 1 saturated heterocycles. The molecule has 1 N–H and O–H groups in total. The molecule has 0 aromatic heterocycles. The quantitative estimate of drug-likeness (QED) is 0.906. The Morgan fingerprint density at radius 1 is 1.19 bits per heavy atom. The fourth-order valence-electron chi connectivity index (χ4n) is 3.83. The van der Waals surface area contributed by atoms with Gasteiger partial charge in [-0.1, -0.05) is 0 Å². The molecule has 21 heavy (non-hydrogen) atoms. The zero-order valence-electron chi connectivity index (χ0n) is 12.2. The summed E-state index contributed by atoms with van der Waals surface area (Å²) in [5.74, 6) is -0.130. The van der Waals surface area contributed by atoms with Crippen LogP contribution in [0.25, 0.3) is 0 Å². The lowest BCUT2D eigenvalue weighted by Gasteiger charge is -2.21. The Kier molecular flexibility index (Phi) is 3.58. The van der Waals surface area contributed by atoms with Gasteiger partial charge >= 0.3 is 0 Å². The van der Waals surface area contributed by atoms with Gasteiger partial charge in [0, 0.05) is 19.0 Å². The van der Waals surface area contributed by atoms with Crippen molar-refractivity contribution in [3.63, 3.8) is 0 Å². The summed E-state index contributed by atoms with van der Waals surface area (Å²) in [5, 5.41) is 9.93. The predicted octanol–water partition coefficient (Wildman–Crippen LogP) is 1.83. The standard InChI is InChI=1S/C15H20FNO3S/c1-9-5-12(16)6-10(2)15(9)21(19,20)17-7-11-3-4-14(18)13(11)8-17/h5-6,11,13-14,18H,3-4,7-8H2,1-2H3. The fourth-order valence-corrected chi connectivity index (χ4v) is 5.77. The van der Waals surface area contributed by atoms with E-state index in [1.165, 1.54) is 16.4 Å². The van der Waals surface area contributed by atoms with Gasteiger partial charge in [0.15, 0.2) is 0 Å². The highest BCUT2D eigenvalue weighted by Gasteiger charge is 2.46. The van der Waals surface area contributed by atoms with Crippen LogP contribution in [0.1, 0.15) is 24.0 Å². The summed E-state index contributed by atoms with van der Waals surface area (Å²) >= 11 is 0. The first kappa shape index (κ1) is 14.9. The first-order valence-corrected chi connectivity index (χ1v) is 8.69. The zero-order valence-corrected chi connectivity index (χ0v) is 13.0. The Labute approximate surface area is 124 Å². The molecular formula is C15H20FNO3S. The molecule has 2 aliphatic rings. The van der Waals surface area contributed by atoms with Gasteiger partial charge < -0.3 is 5.11 Å². The van der Waals surface area contributed by atoms with E-state index >= 15 is 0 Å². The number of aliphatic hydroxyl groups is 1. The van der Waals surface area contributed by atoms with Gasteiger partial charge in [-0.25, -0.2) is 12.8 Å². The van der Waals surface area contributed by atoms with Crippen molar-refractivity contribution in [2.45, 2.75) is 37.7 Å². The molecule has 0 bridgehead atoms. The number of sulfonamides is 1. The number of fused-ring (bicyclic) bond motifs is 1. The Hall–Kier alpha value is -0.980. The molecule has 3 atom stereocenters. The molecule has 1 saturated carbocycles. The van der Waals surface area contributed by atoms with E-state index in [0.717, 1.165) is 12.8 Å². The summed E-state index contributed by atoms with van der Waals surface area (Å²) in [6, 6.07) is 2.51. The lowest BCUT2D eigenvalue weighted by atomic mass is 10.00. The van der Waals surface area contributed by atoms with Crippen molar-refractivity contribution in [1.82, 2.24) is 4.31 Å². The molecule has 1 aliphatic carbocycles. The maximum Gasteiger partial charge on any atom is 0.243 e. The van der Waals surface area contributed by atoms with E-state index in [9.17, 15) is 17.9 Å². The second kappa shape index (κ2) is 5.04. The average Bonchev–Trinajstić information content (AvgIpc) is 2.90. The average molecular weight is 313 g/mol. The monoisotopic (exact) mass is 313 g/mol. The van der Waals surface area contributed by atoms with Crippen molar-refractivity contribution in [3.8, 4) is 0 Å². The van der Waals surface area contributed by atoms with Crippen molar-refractivity contribution in [2.24, 2.45) is 11.8 Å². The minimum absolute atomic E-state index is 0.0424. The summed E-state index contributed by atoms with van der Waals surface area (Å²) in [6.45, 7) is 4.06. The van der Waals surface area contributed by atoms with Gasteiger partial charge in [0.1, 0.15) is 5.82 Å². The highest BCUT2D eigenvalue weighted by atomic mass is 32.2. The van der Waals surface area contributed by atoms with Gasteiger partial charge in [0.2, 0.25) is 10.0 Å². The molecule has 6 heteroatoms. The van der Waals surface area contributed by atoms with E-state index in [1.807, 2.05) is 0 Å². The molecule has 0 spiro atoms. The van der Waals surface area contributed by atoms with Crippen LogP contribution < -0.4 is 0 Å². The molecule has 2 fully saturated rings. The van der Waals surface area contributed by atoms with Gasteiger partial charge in [-0.3, -0.25) is 0 Å². The molecule has 4 nitrogen and oxygen atoms in total. The Morgan fingerprint density at radius 2 is 1.81 bits per heavy atom. The predicted molar refractivity (Wildman–Crippen MR) is 76.9 cm³/mol. The lowest BCUT2D eigenvalue weighted by molar-refractivity contribution is 0.129. The van der Waals surface area contributed by atoms with Gasteiger partial charge in [-0.2, -0.15) is 4.31 Å². The summed E-state index contributed by atoms with van der Waals surface area (Å²) < 4.78 is 40.5. The summed E-state index contributed by atoms with van der Waals surface area (Å²) in [7, 11) is -3.63. The number of hydrogen-bond donors (Lipinski definition) is 1. The van der Waals surface area contributed by atoms with Crippen LogP contribution >= 0.6 is 0 Å². The Balaban J connectivity index is 1.96. The third-order valence-corrected chi connectivity index (χ3v) is 6.95. The number of benzene rings is 1. The van der Waals surface area contributed by atoms with Crippen LogP contribution in [-0.4, -0.2) is 37.0 Å². The molecule has 3 unspecified atom stereocenters. The molecule has 0 amide bonds. The molecule has 116 valence electrons. The smallest absolute Gasteiger partial charge is 0.243 e. The van der Waals surface area contributed by atoms with E-state index in [4.69, 9.17) is 0 Å². The molecule has 1 aromatic carbocycles. The third kappa shape index (κ3) is 2.39. The Bertz CT molecular complexity index is 650. The van der Waals surface area contributed by atoms with Crippen molar-refractivity contribution < 1.29 is 17.9 Å². The molecule has 0 radical (unpaired) electrons. The van der Waals surface area contributed by atoms with E-state index in [-0.39, 0.29) is 16.7 Å². The van der Waals surface area contributed by atoms with E-state index in [1.54, 1.807) is 13.8 Å². The summed E-state index contributed by atoms with van der Waals surface area (Å²) in [4.78, 5) is 0.207.